The van der Waals surface area contributed by atoms with Crippen LogP contribution >= 0.6 is 0 Å². The summed E-state index contributed by atoms with van der Waals surface area (Å²) in [6.07, 6.45) is 0. The summed E-state index contributed by atoms with van der Waals surface area (Å²) in [6, 6.07) is 2.09. The third-order valence-electron chi connectivity index (χ3n) is 2.69. The standard InChI is InChI=1S/C12H20N2/c1-7-6-9(12(3,4)5)11(14)8(2)10(7)13/h6H,13-14H2,1-5H3. The van der Waals surface area contributed by atoms with Gasteiger partial charge >= 0.3 is 0 Å². The molecular weight excluding hydrogens is 172 g/mol. The fraction of sp³-hybridized carbons (Fsp3) is 0.500. The quantitative estimate of drug-likeness (QED) is 0.621. The Labute approximate surface area is 86.3 Å². The number of hydrogen-bond acceptors (Lipinski definition) is 2. The maximum absolute atomic E-state index is 6.06. The number of anilines is 2. The number of hydrogen-bond donors (Lipinski definition) is 2. The number of benzene rings is 1. The second-order valence-electron chi connectivity index (χ2n) is 4.94. The molecule has 78 valence electrons. The molecular formula is C12H20N2. The Kier molecular flexibility index (Phi) is 2.49. The highest BCUT2D eigenvalue weighted by Crippen LogP contribution is 2.34. The lowest BCUT2D eigenvalue weighted by Gasteiger charge is -2.24. The van der Waals surface area contributed by atoms with E-state index in [1.165, 1.54) is 5.56 Å². The smallest absolute Gasteiger partial charge is 0.0402 e. The molecule has 0 fully saturated rings. The summed E-state index contributed by atoms with van der Waals surface area (Å²) >= 11 is 0. The summed E-state index contributed by atoms with van der Waals surface area (Å²) < 4.78 is 0. The van der Waals surface area contributed by atoms with Crippen molar-refractivity contribution in [1.29, 1.82) is 0 Å². The summed E-state index contributed by atoms with van der Waals surface area (Å²) in [4.78, 5) is 0. The van der Waals surface area contributed by atoms with E-state index in [9.17, 15) is 0 Å². The van der Waals surface area contributed by atoms with Gasteiger partial charge in [-0.3, -0.25) is 0 Å². The normalized spacial score (nSPS) is 11.8. The van der Waals surface area contributed by atoms with Crippen molar-refractivity contribution in [1.82, 2.24) is 0 Å². The molecule has 2 nitrogen and oxygen atoms in total. The lowest BCUT2D eigenvalue weighted by Crippen LogP contribution is -2.16. The van der Waals surface area contributed by atoms with Crippen LogP contribution in [0, 0.1) is 13.8 Å². The molecule has 1 aromatic carbocycles. The predicted molar refractivity (Wildman–Crippen MR) is 63.4 cm³/mol. The van der Waals surface area contributed by atoms with Gasteiger partial charge in [-0.2, -0.15) is 0 Å². The highest BCUT2D eigenvalue weighted by molar-refractivity contribution is 5.69. The van der Waals surface area contributed by atoms with Crippen LogP contribution in [0.3, 0.4) is 0 Å². The Bertz CT molecular complexity index is 360. The van der Waals surface area contributed by atoms with Gasteiger partial charge in [0, 0.05) is 11.4 Å². The first kappa shape index (κ1) is 10.9. The van der Waals surface area contributed by atoms with Crippen molar-refractivity contribution in [2.45, 2.75) is 40.0 Å². The first-order valence-corrected chi connectivity index (χ1v) is 4.90. The lowest BCUT2D eigenvalue weighted by molar-refractivity contribution is 0.592. The molecule has 1 aromatic rings. The first-order chi connectivity index (χ1) is 6.25. The molecule has 0 amide bonds. The van der Waals surface area contributed by atoms with E-state index in [4.69, 9.17) is 11.5 Å². The monoisotopic (exact) mass is 192 g/mol. The number of nitrogen functional groups attached to an aromatic ring is 2. The van der Waals surface area contributed by atoms with Gasteiger partial charge in [-0.1, -0.05) is 26.8 Å². The highest BCUT2D eigenvalue weighted by atomic mass is 14.6. The molecule has 0 aliphatic carbocycles. The maximum atomic E-state index is 6.06. The Morgan fingerprint density at radius 1 is 1.00 bits per heavy atom. The molecule has 4 N–H and O–H groups in total. The highest BCUT2D eigenvalue weighted by Gasteiger charge is 2.19. The zero-order valence-electron chi connectivity index (χ0n) is 9.73. The molecule has 1 rings (SSSR count). The first-order valence-electron chi connectivity index (χ1n) is 4.90. The molecule has 0 aliphatic rings. The van der Waals surface area contributed by atoms with Gasteiger partial charge in [-0.25, -0.2) is 0 Å². The molecule has 0 aliphatic heterocycles. The molecule has 0 saturated carbocycles. The molecule has 14 heavy (non-hydrogen) atoms. The van der Waals surface area contributed by atoms with E-state index in [-0.39, 0.29) is 5.41 Å². The lowest BCUT2D eigenvalue weighted by atomic mass is 9.83. The van der Waals surface area contributed by atoms with E-state index in [1.54, 1.807) is 0 Å². The maximum Gasteiger partial charge on any atom is 0.0402 e. The van der Waals surface area contributed by atoms with Crippen LogP contribution in [0.5, 0.6) is 0 Å². The van der Waals surface area contributed by atoms with Crippen molar-refractivity contribution in [2.75, 3.05) is 11.5 Å². The molecule has 0 saturated heterocycles. The second-order valence-corrected chi connectivity index (χ2v) is 4.94. The minimum atomic E-state index is 0.0767. The number of nitrogens with two attached hydrogens (primary N) is 2. The van der Waals surface area contributed by atoms with E-state index in [1.807, 2.05) is 13.8 Å². The fourth-order valence-corrected chi connectivity index (χ4v) is 1.64. The molecule has 2 heteroatoms. The largest absolute Gasteiger partial charge is 0.398 e. The van der Waals surface area contributed by atoms with Gasteiger partial charge in [0.15, 0.2) is 0 Å². The van der Waals surface area contributed by atoms with Gasteiger partial charge in [0.1, 0.15) is 0 Å². The minimum Gasteiger partial charge on any atom is -0.398 e. The van der Waals surface area contributed by atoms with Crippen molar-refractivity contribution < 1.29 is 0 Å². The van der Waals surface area contributed by atoms with Crippen LogP contribution in [0.15, 0.2) is 6.07 Å². The van der Waals surface area contributed by atoms with Crippen LogP contribution in [0.2, 0.25) is 0 Å². The van der Waals surface area contributed by atoms with Gasteiger partial charge in [0.2, 0.25) is 0 Å². The van der Waals surface area contributed by atoms with E-state index >= 15 is 0 Å². The van der Waals surface area contributed by atoms with Crippen molar-refractivity contribution >= 4 is 11.4 Å². The summed E-state index contributed by atoms with van der Waals surface area (Å²) in [5.74, 6) is 0. The van der Waals surface area contributed by atoms with Gasteiger partial charge in [0.25, 0.3) is 0 Å². The van der Waals surface area contributed by atoms with Crippen molar-refractivity contribution in [2.24, 2.45) is 0 Å². The SMILES string of the molecule is Cc1cc(C(C)(C)C)c(N)c(C)c1N. The van der Waals surface area contributed by atoms with E-state index < -0.39 is 0 Å². The van der Waals surface area contributed by atoms with E-state index in [0.29, 0.717) is 0 Å². The summed E-state index contributed by atoms with van der Waals surface area (Å²) in [5, 5.41) is 0. The van der Waals surface area contributed by atoms with E-state index in [2.05, 4.69) is 26.8 Å². The molecule has 0 aromatic heterocycles. The third kappa shape index (κ3) is 1.69. The third-order valence-corrected chi connectivity index (χ3v) is 2.69. The van der Waals surface area contributed by atoms with Crippen LogP contribution in [0.25, 0.3) is 0 Å². The van der Waals surface area contributed by atoms with Crippen LogP contribution < -0.4 is 11.5 Å². The average molecular weight is 192 g/mol. The zero-order chi connectivity index (χ0) is 11.1. The van der Waals surface area contributed by atoms with Crippen LogP contribution in [0.4, 0.5) is 11.4 Å². The van der Waals surface area contributed by atoms with Crippen molar-refractivity contribution in [3.05, 3.63) is 22.8 Å². The Morgan fingerprint density at radius 2 is 1.50 bits per heavy atom. The number of rotatable bonds is 0. The Balaban J connectivity index is 3.49. The van der Waals surface area contributed by atoms with Crippen LogP contribution in [-0.4, -0.2) is 0 Å². The van der Waals surface area contributed by atoms with Gasteiger partial charge in [-0.15, -0.1) is 0 Å². The Morgan fingerprint density at radius 3 is 1.93 bits per heavy atom. The minimum absolute atomic E-state index is 0.0767. The van der Waals surface area contributed by atoms with Crippen LogP contribution in [-0.2, 0) is 5.41 Å². The average Bonchev–Trinajstić information content (AvgIpc) is 2.06. The molecule has 0 atom stereocenters. The second kappa shape index (κ2) is 3.19. The number of aryl methyl sites for hydroxylation is 1. The molecule has 0 radical (unpaired) electrons. The van der Waals surface area contributed by atoms with Crippen molar-refractivity contribution in [3.63, 3.8) is 0 Å². The topological polar surface area (TPSA) is 52.0 Å². The van der Waals surface area contributed by atoms with Gasteiger partial charge in [0.05, 0.1) is 0 Å². The van der Waals surface area contributed by atoms with Crippen molar-refractivity contribution in [3.8, 4) is 0 Å². The van der Waals surface area contributed by atoms with Gasteiger partial charge < -0.3 is 11.5 Å². The summed E-state index contributed by atoms with van der Waals surface area (Å²) in [6.45, 7) is 10.5. The van der Waals surface area contributed by atoms with E-state index in [0.717, 1.165) is 22.5 Å². The van der Waals surface area contributed by atoms with Gasteiger partial charge in [-0.05, 0) is 36.0 Å². The fourth-order valence-electron chi connectivity index (χ4n) is 1.64. The molecule has 0 spiro atoms. The summed E-state index contributed by atoms with van der Waals surface area (Å²) in [5.41, 5.74) is 17.0. The summed E-state index contributed by atoms with van der Waals surface area (Å²) in [7, 11) is 0. The Hall–Kier alpha value is -1.18. The molecule has 0 heterocycles. The zero-order valence-corrected chi connectivity index (χ0v) is 9.73. The predicted octanol–water partition coefficient (Wildman–Crippen LogP) is 2.77. The molecule has 0 unspecified atom stereocenters. The molecule has 0 bridgehead atoms. The van der Waals surface area contributed by atoms with Crippen LogP contribution in [0.1, 0.15) is 37.5 Å².